The number of thiol groups is 2. The minimum absolute atomic E-state index is 0.106. The third-order valence-corrected chi connectivity index (χ3v) is 2.94. The van der Waals surface area contributed by atoms with E-state index in [0.29, 0.717) is 12.3 Å². The number of rotatable bonds is 6. The van der Waals surface area contributed by atoms with Gasteiger partial charge in [0.15, 0.2) is 0 Å². The van der Waals surface area contributed by atoms with E-state index in [0.717, 1.165) is 0 Å². The molecule has 7 heteroatoms. The van der Waals surface area contributed by atoms with Crippen LogP contribution in [0.5, 0.6) is 0 Å². The highest BCUT2D eigenvalue weighted by atomic mass is 32.2. The van der Waals surface area contributed by atoms with Gasteiger partial charge in [0, 0.05) is 24.1 Å². The molecule has 0 fully saturated rings. The lowest BCUT2D eigenvalue weighted by Crippen LogP contribution is -2.29. The maximum atomic E-state index is 10.2. The van der Waals surface area contributed by atoms with Crippen LogP contribution in [-0.4, -0.2) is 42.8 Å². The van der Waals surface area contributed by atoms with E-state index in [9.17, 15) is 8.42 Å². The molecule has 0 saturated carbocycles. The molecule has 0 aromatic rings. The van der Waals surface area contributed by atoms with Gasteiger partial charge in [0.25, 0.3) is 10.1 Å². The fourth-order valence-electron chi connectivity index (χ4n) is 0.534. The number of nitrogens with one attached hydrogen (secondary N) is 1. The van der Waals surface area contributed by atoms with Crippen molar-refractivity contribution in [2.45, 2.75) is 5.25 Å². The lowest BCUT2D eigenvalue weighted by atomic mass is 10.4. The van der Waals surface area contributed by atoms with Crippen LogP contribution in [-0.2, 0) is 10.1 Å². The van der Waals surface area contributed by atoms with E-state index in [2.05, 4.69) is 30.6 Å². The highest BCUT2D eigenvalue weighted by molar-refractivity contribution is 7.85. The summed E-state index contributed by atoms with van der Waals surface area (Å²) >= 11 is 8.12. The molecule has 1 unspecified atom stereocenters. The van der Waals surface area contributed by atoms with Gasteiger partial charge in [0.05, 0.1) is 5.75 Å². The molecule has 0 aliphatic carbocycles. The summed E-state index contributed by atoms with van der Waals surface area (Å²) in [5.74, 6) is 0.363. The monoisotopic (exact) mass is 231 g/mol. The summed E-state index contributed by atoms with van der Waals surface area (Å²) in [6, 6.07) is 0. The zero-order valence-electron chi connectivity index (χ0n) is 6.47. The third kappa shape index (κ3) is 8.66. The van der Waals surface area contributed by atoms with Crippen molar-refractivity contribution in [3.05, 3.63) is 0 Å². The summed E-state index contributed by atoms with van der Waals surface area (Å²) in [5, 5.41) is 2.93. The van der Waals surface area contributed by atoms with Gasteiger partial charge in [0.2, 0.25) is 0 Å². The maximum absolute atomic E-state index is 10.2. The quantitative estimate of drug-likeness (QED) is 0.288. The first-order valence-electron chi connectivity index (χ1n) is 3.40. The van der Waals surface area contributed by atoms with Gasteiger partial charge < -0.3 is 5.32 Å². The largest absolute Gasteiger partial charge is 0.315 e. The Kier molecular flexibility index (Phi) is 6.38. The Balaban J connectivity index is 3.34. The average Bonchev–Trinajstić information content (AvgIpc) is 1.96. The molecule has 0 aromatic carbocycles. The van der Waals surface area contributed by atoms with Crippen LogP contribution in [0.3, 0.4) is 0 Å². The second kappa shape index (κ2) is 6.09. The normalized spacial score (nSPS) is 14.6. The fourth-order valence-corrected chi connectivity index (χ4v) is 1.19. The van der Waals surface area contributed by atoms with Crippen molar-refractivity contribution in [2.75, 3.05) is 24.6 Å². The van der Waals surface area contributed by atoms with E-state index in [1.807, 2.05) is 0 Å². The first-order valence-corrected chi connectivity index (χ1v) is 6.16. The molecular weight excluding hydrogens is 218 g/mol. The molecule has 4 nitrogen and oxygen atoms in total. The molecule has 1 atom stereocenters. The Bertz CT molecular complexity index is 204. The standard InChI is InChI=1S/C5H13NO3S3/c7-12(8,9)2-1-6-3-5(11)4-10/h5-6,10-11H,1-4H2,(H,7,8,9). The summed E-state index contributed by atoms with van der Waals surface area (Å²) in [6.45, 7) is 0.825. The van der Waals surface area contributed by atoms with Crippen molar-refractivity contribution in [2.24, 2.45) is 0 Å². The molecule has 12 heavy (non-hydrogen) atoms. The van der Waals surface area contributed by atoms with E-state index in [1.165, 1.54) is 0 Å². The van der Waals surface area contributed by atoms with E-state index in [-0.39, 0.29) is 17.5 Å². The van der Waals surface area contributed by atoms with Crippen molar-refractivity contribution in [1.29, 1.82) is 0 Å². The van der Waals surface area contributed by atoms with E-state index < -0.39 is 10.1 Å². The van der Waals surface area contributed by atoms with Crippen LogP contribution in [0.15, 0.2) is 0 Å². The van der Waals surface area contributed by atoms with Crippen LogP contribution in [0.2, 0.25) is 0 Å². The molecule has 74 valence electrons. The van der Waals surface area contributed by atoms with Gasteiger partial charge in [-0.15, -0.1) is 0 Å². The summed E-state index contributed by atoms with van der Waals surface area (Å²) < 4.78 is 28.8. The minimum Gasteiger partial charge on any atom is -0.315 e. The van der Waals surface area contributed by atoms with Crippen molar-refractivity contribution in [1.82, 2.24) is 5.32 Å². The van der Waals surface area contributed by atoms with Crippen molar-refractivity contribution in [3.8, 4) is 0 Å². The van der Waals surface area contributed by atoms with Crippen LogP contribution in [0.4, 0.5) is 0 Å². The van der Waals surface area contributed by atoms with Crippen LogP contribution in [0, 0.1) is 0 Å². The van der Waals surface area contributed by atoms with E-state index in [1.54, 1.807) is 0 Å². The molecule has 2 N–H and O–H groups in total. The van der Waals surface area contributed by atoms with Gasteiger partial charge in [-0.2, -0.15) is 33.7 Å². The lowest BCUT2D eigenvalue weighted by Gasteiger charge is -2.07. The Morgan fingerprint density at radius 2 is 2.08 bits per heavy atom. The molecule has 0 amide bonds. The first kappa shape index (κ1) is 12.6. The molecule has 0 aliphatic rings. The van der Waals surface area contributed by atoms with Gasteiger partial charge in [-0.3, -0.25) is 4.55 Å². The smallest absolute Gasteiger partial charge is 0.266 e. The number of hydrogen-bond donors (Lipinski definition) is 4. The second-order valence-electron chi connectivity index (χ2n) is 2.33. The predicted molar refractivity (Wildman–Crippen MR) is 55.9 cm³/mol. The average molecular weight is 231 g/mol. The molecule has 0 rings (SSSR count). The Labute approximate surface area is 83.7 Å². The summed E-state index contributed by atoms with van der Waals surface area (Å²) in [4.78, 5) is 0. The highest BCUT2D eigenvalue weighted by Crippen LogP contribution is 1.94. The van der Waals surface area contributed by atoms with E-state index in [4.69, 9.17) is 4.55 Å². The molecule has 0 bridgehead atoms. The molecule has 0 radical (unpaired) electrons. The summed E-state index contributed by atoms with van der Waals surface area (Å²) in [7, 11) is -3.84. The maximum Gasteiger partial charge on any atom is 0.266 e. The predicted octanol–water partition coefficient (Wildman–Crippen LogP) is -0.308. The Hall–Kier alpha value is 0.570. The molecule has 0 heterocycles. The Morgan fingerprint density at radius 1 is 1.50 bits per heavy atom. The molecule has 0 aromatic heterocycles. The van der Waals surface area contributed by atoms with Crippen molar-refractivity contribution >= 4 is 35.4 Å². The molecular formula is C5H13NO3S3. The van der Waals surface area contributed by atoms with Crippen LogP contribution in [0.25, 0.3) is 0 Å². The van der Waals surface area contributed by atoms with Crippen LogP contribution in [0.1, 0.15) is 0 Å². The van der Waals surface area contributed by atoms with Gasteiger partial charge in [-0.05, 0) is 0 Å². The van der Waals surface area contributed by atoms with Crippen LogP contribution >= 0.6 is 25.3 Å². The van der Waals surface area contributed by atoms with E-state index >= 15 is 0 Å². The third-order valence-electron chi connectivity index (χ3n) is 1.13. The SMILES string of the molecule is O=S(=O)(O)CCNCC(S)CS. The first-order chi connectivity index (χ1) is 5.45. The van der Waals surface area contributed by atoms with Gasteiger partial charge >= 0.3 is 0 Å². The van der Waals surface area contributed by atoms with Crippen molar-refractivity contribution < 1.29 is 13.0 Å². The van der Waals surface area contributed by atoms with Gasteiger partial charge in [-0.25, -0.2) is 0 Å². The zero-order valence-corrected chi connectivity index (χ0v) is 9.08. The van der Waals surface area contributed by atoms with Crippen LogP contribution < -0.4 is 5.32 Å². The number of hydrogen-bond acceptors (Lipinski definition) is 5. The molecule has 0 aliphatic heterocycles. The second-order valence-corrected chi connectivity index (χ2v) is 4.99. The fraction of sp³-hybridized carbons (Fsp3) is 1.00. The Morgan fingerprint density at radius 3 is 2.50 bits per heavy atom. The molecule has 0 spiro atoms. The summed E-state index contributed by atoms with van der Waals surface area (Å²) in [5.41, 5.74) is 0. The van der Waals surface area contributed by atoms with Gasteiger partial charge in [0.1, 0.15) is 0 Å². The van der Waals surface area contributed by atoms with Gasteiger partial charge in [-0.1, -0.05) is 0 Å². The lowest BCUT2D eigenvalue weighted by molar-refractivity contribution is 0.480. The molecule has 0 saturated heterocycles. The highest BCUT2D eigenvalue weighted by Gasteiger charge is 2.04. The topological polar surface area (TPSA) is 66.4 Å². The zero-order chi connectivity index (χ0) is 9.61. The minimum atomic E-state index is -3.84. The van der Waals surface area contributed by atoms with Crippen molar-refractivity contribution in [3.63, 3.8) is 0 Å². The summed E-state index contributed by atoms with van der Waals surface area (Å²) in [6.07, 6.45) is 0.